The van der Waals surface area contributed by atoms with Crippen LogP contribution in [-0.2, 0) is 0 Å². The summed E-state index contributed by atoms with van der Waals surface area (Å²) in [5.41, 5.74) is -0.250. The van der Waals surface area contributed by atoms with E-state index in [0.29, 0.717) is 8.04 Å². The van der Waals surface area contributed by atoms with Crippen LogP contribution in [0.4, 0.5) is 10.1 Å². The number of benzene rings is 1. The molecule has 0 spiro atoms. The van der Waals surface area contributed by atoms with Crippen LogP contribution in [0, 0.1) is 19.5 Å². The number of rotatable bonds is 1. The van der Waals surface area contributed by atoms with Crippen LogP contribution in [0.25, 0.3) is 0 Å². The molecule has 64 valence electrons. The lowest BCUT2D eigenvalue weighted by Gasteiger charge is -1.97. The molecule has 0 heterocycles. The fraction of sp³-hybridized carbons (Fsp3) is 0. The zero-order chi connectivity index (χ0) is 9.30. The summed E-state index contributed by atoms with van der Waals surface area (Å²) < 4.78 is 13.6. The summed E-state index contributed by atoms with van der Waals surface area (Å²) in [6, 6.07) is 2.16. The number of halogens is 3. The van der Waals surface area contributed by atoms with Gasteiger partial charge >= 0.3 is 0 Å². The van der Waals surface area contributed by atoms with Crippen molar-refractivity contribution < 1.29 is 9.31 Å². The van der Waals surface area contributed by atoms with Gasteiger partial charge in [-0.3, -0.25) is 10.1 Å². The summed E-state index contributed by atoms with van der Waals surface area (Å²) >= 11 is 4.78. The molecule has 1 aromatic rings. The molecule has 0 saturated heterocycles. The monoisotopic (exact) mass is 345 g/mol. The highest BCUT2D eigenvalue weighted by molar-refractivity contribution is 14.1. The Kier molecular flexibility index (Phi) is 2.99. The zero-order valence-electron chi connectivity index (χ0n) is 5.55. The molecule has 0 N–H and O–H groups in total. The van der Waals surface area contributed by atoms with Crippen molar-refractivity contribution in [2.45, 2.75) is 0 Å². The fourth-order valence-corrected chi connectivity index (χ4v) is 1.38. The Morgan fingerprint density at radius 3 is 2.58 bits per heavy atom. The largest absolute Gasteiger partial charge is 0.273 e. The third-order valence-corrected chi connectivity index (χ3v) is 3.64. The Labute approximate surface area is 89.4 Å². The van der Waals surface area contributed by atoms with E-state index in [2.05, 4.69) is 15.9 Å². The SMILES string of the molecule is O=[N+]([O-])c1cc(F)c(I)c(Br)c1. The normalized spacial score (nSPS) is 9.92. The number of nitro benzene ring substituents is 1. The summed E-state index contributed by atoms with van der Waals surface area (Å²) in [6.07, 6.45) is 0. The quantitative estimate of drug-likeness (QED) is 0.340. The number of hydrogen-bond donors (Lipinski definition) is 0. The standard InChI is InChI=1S/C6H2BrFINO2/c7-4-1-3(10(11)12)2-5(8)6(4)9/h1-2H. The van der Waals surface area contributed by atoms with E-state index in [-0.39, 0.29) is 5.69 Å². The van der Waals surface area contributed by atoms with Gasteiger partial charge in [-0.2, -0.15) is 0 Å². The van der Waals surface area contributed by atoms with E-state index < -0.39 is 10.7 Å². The summed E-state index contributed by atoms with van der Waals surface area (Å²) in [5.74, 6) is -0.586. The molecule has 0 saturated carbocycles. The Morgan fingerprint density at radius 2 is 2.17 bits per heavy atom. The number of nitrogens with zero attached hydrogens (tertiary/aromatic N) is 1. The molecular formula is C6H2BrFINO2. The van der Waals surface area contributed by atoms with Crippen molar-refractivity contribution in [2.75, 3.05) is 0 Å². The maximum atomic E-state index is 12.9. The second kappa shape index (κ2) is 3.65. The minimum absolute atomic E-state index is 0.250. The van der Waals surface area contributed by atoms with Crippen LogP contribution < -0.4 is 0 Å². The Morgan fingerprint density at radius 1 is 1.58 bits per heavy atom. The molecule has 12 heavy (non-hydrogen) atoms. The van der Waals surface area contributed by atoms with Crippen LogP contribution in [0.3, 0.4) is 0 Å². The van der Waals surface area contributed by atoms with Crippen LogP contribution in [0.1, 0.15) is 0 Å². The van der Waals surface area contributed by atoms with Crippen LogP contribution in [-0.4, -0.2) is 4.92 Å². The van der Waals surface area contributed by atoms with Gasteiger partial charge in [0, 0.05) is 10.5 Å². The summed E-state index contributed by atoms with van der Waals surface area (Å²) in [6.45, 7) is 0. The predicted molar refractivity (Wildman–Crippen MR) is 53.5 cm³/mol. The topological polar surface area (TPSA) is 43.1 Å². The Hall–Kier alpha value is -0.240. The first kappa shape index (κ1) is 9.85. The molecule has 0 unspecified atom stereocenters. The Balaban J connectivity index is 3.31. The predicted octanol–water partition coefficient (Wildman–Crippen LogP) is 3.10. The van der Waals surface area contributed by atoms with Gasteiger partial charge in [0.25, 0.3) is 5.69 Å². The van der Waals surface area contributed by atoms with Crippen molar-refractivity contribution in [3.05, 3.63) is 36.1 Å². The number of hydrogen-bond acceptors (Lipinski definition) is 2. The first-order chi connectivity index (χ1) is 5.52. The van der Waals surface area contributed by atoms with Crippen molar-refractivity contribution >= 4 is 44.2 Å². The highest BCUT2D eigenvalue weighted by Gasteiger charge is 2.12. The van der Waals surface area contributed by atoms with Gasteiger partial charge in [0.15, 0.2) is 0 Å². The lowest BCUT2D eigenvalue weighted by atomic mass is 10.3. The van der Waals surface area contributed by atoms with Crippen molar-refractivity contribution in [3.63, 3.8) is 0 Å². The Bertz CT molecular complexity index is 321. The number of nitro groups is 1. The maximum Gasteiger partial charge on any atom is 0.273 e. The molecule has 0 aliphatic rings. The minimum Gasteiger partial charge on any atom is -0.258 e. The fourth-order valence-electron chi connectivity index (χ4n) is 0.648. The molecule has 6 heteroatoms. The average Bonchev–Trinajstić information content (AvgIpc) is 1.99. The lowest BCUT2D eigenvalue weighted by Crippen LogP contribution is -1.91. The minimum atomic E-state index is -0.635. The van der Waals surface area contributed by atoms with Crippen LogP contribution in [0.5, 0.6) is 0 Å². The molecule has 1 aromatic carbocycles. The van der Waals surface area contributed by atoms with Gasteiger partial charge < -0.3 is 0 Å². The zero-order valence-corrected chi connectivity index (χ0v) is 9.30. The second-order valence-corrected chi connectivity index (χ2v) is 3.91. The van der Waals surface area contributed by atoms with Crippen molar-refractivity contribution in [1.29, 1.82) is 0 Å². The highest BCUT2D eigenvalue weighted by Crippen LogP contribution is 2.26. The maximum absolute atomic E-state index is 12.9. The summed E-state index contributed by atoms with van der Waals surface area (Å²) in [7, 11) is 0. The van der Waals surface area contributed by atoms with E-state index in [0.717, 1.165) is 6.07 Å². The third-order valence-electron chi connectivity index (χ3n) is 1.18. The molecule has 3 nitrogen and oxygen atoms in total. The van der Waals surface area contributed by atoms with Crippen molar-refractivity contribution in [3.8, 4) is 0 Å². The smallest absolute Gasteiger partial charge is 0.258 e. The highest BCUT2D eigenvalue weighted by atomic mass is 127. The van der Waals surface area contributed by atoms with E-state index in [1.165, 1.54) is 6.07 Å². The summed E-state index contributed by atoms with van der Waals surface area (Å²) in [5, 5.41) is 10.2. The second-order valence-electron chi connectivity index (χ2n) is 1.98. The molecule has 0 radical (unpaired) electrons. The van der Waals surface area contributed by atoms with Gasteiger partial charge in [-0.15, -0.1) is 0 Å². The average molecular weight is 346 g/mol. The molecule has 0 amide bonds. The first-order valence-corrected chi connectivity index (χ1v) is 4.68. The van der Waals surface area contributed by atoms with Gasteiger partial charge in [-0.05, 0) is 38.5 Å². The number of non-ortho nitro benzene ring substituents is 1. The molecule has 0 aromatic heterocycles. The van der Waals surface area contributed by atoms with E-state index >= 15 is 0 Å². The molecular weight excluding hydrogens is 344 g/mol. The molecule has 0 fully saturated rings. The third kappa shape index (κ3) is 1.92. The molecule has 1 rings (SSSR count). The lowest BCUT2D eigenvalue weighted by molar-refractivity contribution is -0.385. The molecule has 0 bridgehead atoms. The van der Waals surface area contributed by atoms with E-state index in [1.54, 1.807) is 22.6 Å². The van der Waals surface area contributed by atoms with Gasteiger partial charge in [0.2, 0.25) is 0 Å². The van der Waals surface area contributed by atoms with Gasteiger partial charge in [0.1, 0.15) is 5.82 Å². The van der Waals surface area contributed by atoms with Crippen LogP contribution >= 0.6 is 38.5 Å². The van der Waals surface area contributed by atoms with Gasteiger partial charge in [-0.25, -0.2) is 4.39 Å². The summed E-state index contributed by atoms with van der Waals surface area (Å²) in [4.78, 5) is 9.60. The van der Waals surface area contributed by atoms with E-state index in [4.69, 9.17) is 0 Å². The molecule has 0 atom stereocenters. The van der Waals surface area contributed by atoms with Gasteiger partial charge in [-0.1, -0.05) is 0 Å². The van der Waals surface area contributed by atoms with E-state index in [1.807, 2.05) is 0 Å². The van der Waals surface area contributed by atoms with Crippen molar-refractivity contribution in [1.82, 2.24) is 0 Å². The molecule has 0 aliphatic heterocycles. The molecule has 0 aliphatic carbocycles. The van der Waals surface area contributed by atoms with E-state index in [9.17, 15) is 14.5 Å². The first-order valence-electron chi connectivity index (χ1n) is 2.81. The van der Waals surface area contributed by atoms with Crippen molar-refractivity contribution in [2.24, 2.45) is 0 Å². The van der Waals surface area contributed by atoms with Crippen LogP contribution in [0.2, 0.25) is 0 Å². The van der Waals surface area contributed by atoms with Gasteiger partial charge in [0.05, 0.1) is 14.6 Å². The van der Waals surface area contributed by atoms with Crippen LogP contribution in [0.15, 0.2) is 16.6 Å².